The number of allylic oxidation sites excluding steroid dienone is 1. The van der Waals surface area contributed by atoms with Crippen LogP contribution in [0, 0.1) is 0 Å². The minimum absolute atomic E-state index is 0.250. The second-order valence-electron chi connectivity index (χ2n) is 6.17. The van der Waals surface area contributed by atoms with Crippen LogP contribution in [-0.2, 0) is 11.4 Å². The summed E-state index contributed by atoms with van der Waals surface area (Å²) in [6.45, 7) is 0.250. The third kappa shape index (κ3) is 3.45. The molecule has 0 bridgehead atoms. The van der Waals surface area contributed by atoms with Gasteiger partial charge in [0.05, 0.1) is 30.3 Å². The van der Waals surface area contributed by atoms with E-state index in [0.29, 0.717) is 22.8 Å². The van der Waals surface area contributed by atoms with E-state index in [9.17, 15) is 22.8 Å². The van der Waals surface area contributed by atoms with Crippen molar-refractivity contribution >= 4 is 17.1 Å². The molecular formula is C16H16F3N5O3. The van der Waals surface area contributed by atoms with Crippen molar-refractivity contribution in [2.75, 3.05) is 36.0 Å². The van der Waals surface area contributed by atoms with E-state index in [1.54, 1.807) is 43.1 Å². The summed E-state index contributed by atoms with van der Waals surface area (Å²) < 4.78 is 37.7. The van der Waals surface area contributed by atoms with E-state index in [2.05, 4.69) is 15.4 Å². The number of nitrogens with one attached hydrogen (secondary N) is 1. The first-order chi connectivity index (χ1) is 12.6. The zero-order valence-electron chi connectivity index (χ0n) is 14.7. The predicted octanol–water partition coefficient (Wildman–Crippen LogP) is 1.04. The molecule has 1 aromatic heterocycles. The molecule has 3 rings (SSSR count). The predicted molar refractivity (Wildman–Crippen MR) is 92.9 cm³/mol. The Bertz CT molecular complexity index is 946. The first-order valence-electron chi connectivity index (χ1n) is 7.77. The van der Waals surface area contributed by atoms with E-state index in [1.807, 2.05) is 0 Å². The lowest BCUT2D eigenvalue weighted by Crippen LogP contribution is -2.43. The number of pyridine rings is 1. The summed E-state index contributed by atoms with van der Waals surface area (Å²) in [6, 6.07) is 3.16. The Morgan fingerprint density at radius 1 is 1.15 bits per heavy atom. The summed E-state index contributed by atoms with van der Waals surface area (Å²) in [4.78, 5) is 35.2. The molecule has 0 atom stereocenters. The van der Waals surface area contributed by atoms with Crippen LogP contribution < -0.4 is 31.3 Å². The van der Waals surface area contributed by atoms with Crippen molar-refractivity contribution in [3.05, 3.63) is 56.4 Å². The summed E-state index contributed by atoms with van der Waals surface area (Å²) in [5.74, 6) is -1.16. The fraction of sp³-hybridized carbons (Fsp3) is 0.312. The lowest BCUT2D eigenvalue weighted by Gasteiger charge is -2.26. The van der Waals surface area contributed by atoms with Crippen LogP contribution in [0.5, 0.6) is 0 Å². The van der Waals surface area contributed by atoms with E-state index in [-0.39, 0.29) is 6.54 Å². The highest BCUT2D eigenvalue weighted by atomic mass is 19.4. The average molecular weight is 383 g/mol. The van der Waals surface area contributed by atoms with Gasteiger partial charge in [0.15, 0.2) is 0 Å². The molecule has 1 aromatic carbocycles. The SMILES string of the molecule is CN(C)c1c(N(C)Cc2ccc(N3C=C(C(F)(F)F)ON3)cn2)c(=O)c1=O. The summed E-state index contributed by atoms with van der Waals surface area (Å²) >= 11 is 0. The van der Waals surface area contributed by atoms with Gasteiger partial charge in [-0.05, 0) is 12.1 Å². The molecule has 0 fully saturated rings. The molecule has 0 aliphatic carbocycles. The third-order valence-electron chi connectivity index (χ3n) is 3.96. The number of halogens is 3. The van der Waals surface area contributed by atoms with Crippen LogP contribution in [0.1, 0.15) is 5.69 Å². The quantitative estimate of drug-likeness (QED) is 0.768. The van der Waals surface area contributed by atoms with E-state index in [4.69, 9.17) is 0 Å². The Morgan fingerprint density at radius 2 is 1.81 bits per heavy atom. The minimum atomic E-state index is -4.59. The molecule has 2 aromatic rings. The number of hydrogen-bond acceptors (Lipinski definition) is 8. The van der Waals surface area contributed by atoms with Gasteiger partial charge in [0.25, 0.3) is 10.9 Å². The Morgan fingerprint density at radius 3 is 2.33 bits per heavy atom. The second kappa shape index (κ2) is 6.58. The van der Waals surface area contributed by atoms with Crippen LogP contribution in [0.25, 0.3) is 0 Å². The standard InChI is InChI=1S/C16H16F3N5O3/c1-22(2)12-13(15(26)14(12)25)23(3)7-9-4-5-10(6-20-9)24-8-11(27-21-24)16(17,18)19/h4-6,8,21H,7H2,1-3H3. The molecule has 0 radical (unpaired) electrons. The molecule has 0 unspecified atom stereocenters. The maximum Gasteiger partial charge on any atom is 0.453 e. The molecule has 144 valence electrons. The van der Waals surface area contributed by atoms with Crippen molar-refractivity contribution in [1.82, 2.24) is 10.6 Å². The normalized spacial score (nSPS) is 14.3. The number of nitrogens with zero attached hydrogens (tertiary/aromatic N) is 4. The zero-order valence-corrected chi connectivity index (χ0v) is 14.7. The second-order valence-corrected chi connectivity index (χ2v) is 6.17. The molecule has 11 heteroatoms. The lowest BCUT2D eigenvalue weighted by molar-refractivity contribution is -0.136. The van der Waals surface area contributed by atoms with Gasteiger partial charge in [-0.3, -0.25) is 14.6 Å². The summed E-state index contributed by atoms with van der Waals surface area (Å²) in [6.07, 6.45) is -2.46. The van der Waals surface area contributed by atoms with E-state index in [1.165, 1.54) is 6.20 Å². The molecule has 1 aliphatic rings. The van der Waals surface area contributed by atoms with Gasteiger partial charge in [-0.2, -0.15) is 13.2 Å². The van der Waals surface area contributed by atoms with Crippen LogP contribution in [0.15, 0.2) is 39.9 Å². The third-order valence-corrected chi connectivity index (χ3v) is 3.96. The molecule has 8 nitrogen and oxygen atoms in total. The van der Waals surface area contributed by atoms with Gasteiger partial charge in [0.2, 0.25) is 5.76 Å². The van der Waals surface area contributed by atoms with Gasteiger partial charge in [-0.15, -0.1) is 0 Å². The van der Waals surface area contributed by atoms with Crippen molar-refractivity contribution in [3.8, 4) is 0 Å². The number of anilines is 3. The smallest absolute Gasteiger partial charge is 0.382 e. The number of alkyl halides is 3. The molecule has 0 spiro atoms. The molecule has 0 saturated heterocycles. The van der Waals surface area contributed by atoms with Crippen LogP contribution in [0.3, 0.4) is 0 Å². The van der Waals surface area contributed by atoms with Crippen molar-refractivity contribution in [2.45, 2.75) is 12.7 Å². The highest BCUT2D eigenvalue weighted by molar-refractivity contribution is 5.75. The van der Waals surface area contributed by atoms with E-state index < -0.39 is 22.8 Å². The number of aromatic nitrogens is 1. The summed E-state index contributed by atoms with van der Waals surface area (Å²) in [7, 11) is 5.01. The van der Waals surface area contributed by atoms with Crippen LogP contribution >= 0.6 is 0 Å². The molecular weight excluding hydrogens is 367 g/mol. The fourth-order valence-corrected chi connectivity index (χ4v) is 2.64. The maximum absolute atomic E-state index is 12.6. The van der Waals surface area contributed by atoms with Crippen LogP contribution in [-0.4, -0.2) is 32.3 Å². The molecule has 0 saturated carbocycles. The summed E-state index contributed by atoms with van der Waals surface area (Å²) in [5.41, 5.74) is 2.60. The van der Waals surface area contributed by atoms with Gasteiger partial charge in [0.1, 0.15) is 11.4 Å². The van der Waals surface area contributed by atoms with E-state index in [0.717, 1.165) is 11.2 Å². The van der Waals surface area contributed by atoms with Gasteiger partial charge in [-0.25, -0.2) is 5.01 Å². The Labute approximate surface area is 151 Å². The van der Waals surface area contributed by atoms with Crippen molar-refractivity contribution < 1.29 is 18.0 Å². The van der Waals surface area contributed by atoms with E-state index >= 15 is 0 Å². The monoisotopic (exact) mass is 383 g/mol. The van der Waals surface area contributed by atoms with Crippen molar-refractivity contribution in [3.63, 3.8) is 0 Å². The fourth-order valence-electron chi connectivity index (χ4n) is 2.64. The average Bonchev–Trinajstić information content (AvgIpc) is 3.09. The molecule has 27 heavy (non-hydrogen) atoms. The Kier molecular flexibility index (Phi) is 4.56. The highest BCUT2D eigenvalue weighted by Gasteiger charge is 2.40. The van der Waals surface area contributed by atoms with Gasteiger partial charge in [0, 0.05) is 21.1 Å². The largest absolute Gasteiger partial charge is 0.453 e. The maximum atomic E-state index is 12.6. The summed E-state index contributed by atoms with van der Waals surface area (Å²) in [5, 5.41) is 1.05. The molecule has 1 N–H and O–H groups in total. The number of rotatable bonds is 5. The van der Waals surface area contributed by atoms with Crippen molar-refractivity contribution in [1.29, 1.82) is 0 Å². The lowest BCUT2D eigenvalue weighted by atomic mass is 10.1. The van der Waals surface area contributed by atoms with Crippen LogP contribution in [0.4, 0.5) is 30.2 Å². The first-order valence-corrected chi connectivity index (χ1v) is 7.77. The number of hydrazine groups is 1. The zero-order chi connectivity index (χ0) is 19.9. The van der Waals surface area contributed by atoms with Crippen molar-refractivity contribution in [2.24, 2.45) is 0 Å². The minimum Gasteiger partial charge on any atom is -0.382 e. The van der Waals surface area contributed by atoms with Crippen LogP contribution in [0.2, 0.25) is 0 Å². The molecule has 1 aliphatic heterocycles. The Balaban J connectivity index is 1.72. The topological polar surface area (TPSA) is 78.0 Å². The molecule has 0 amide bonds. The molecule has 2 heterocycles. The van der Waals surface area contributed by atoms with Gasteiger partial charge < -0.3 is 14.6 Å². The Hall–Kier alpha value is -3.08. The van der Waals surface area contributed by atoms with Gasteiger partial charge >= 0.3 is 6.18 Å². The highest BCUT2D eigenvalue weighted by Crippen LogP contribution is 2.30. The van der Waals surface area contributed by atoms with Gasteiger partial charge in [-0.1, -0.05) is 5.59 Å². The number of hydrogen-bond donors (Lipinski definition) is 1. The first kappa shape index (κ1) is 18.7.